The number of ether oxygens (including phenoxy) is 1. The highest BCUT2D eigenvalue weighted by Gasteiger charge is 2.34. The van der Waals surface area contributed by atoms with E-state index in [4.69, 9.17) is 9.84 Å². The molecule has 1 aliphatic heterocycles. The van der Waals surface area contributed by atoms with Crippen molar-refractivity contribution in [3.05, 3.63) is 0 Å². The van der Waals surface area contributed by atoms with Crippen LogP contribution in [0.4, 0.5) is 0 Å². The van der Waals surface area contributed by atoms with Gasteiger partial charge in [-0.05, 0) is 31.6 Å². The van der Waals surface area contributed by atoms with Crippen molar-refractivity contribution in [2.45, 2.75) is 38.2 Å². The molecule has 13 heavy (non-hydrogen) atoms. The molecule has 0 spiro atoms. The van der Waals surface area contributed by atoms with Gasteiger partial charge in [0.05, 0.1) is 0 Å². The normalized spacial score (nSPS) is 31.2. The molecule has 76 valence electrons. The summed E-state index contributed by atoms with van der Waals surface area (Å²) in [7, 11) is 0. The van der Waals surface area contributed by atoms with Crippen LogP contribution in [0.5, 0.6) is 0 Å². The molecule has 0 aromatic rings. The van der Waals surface area contributed by atoms with Gasteiger partial charge in [0, 0.05) is 13.2 Å². The smallest absolute Gasteiger partial charge is 0.151 e. The number of carbonyl (C=O) groups excluding carboxylic acids is 1. The van der Waals surface area contributed by atoms with E-state index in [9.17, 15) is 4.79 Å². The fourth-order valence-corrected chi connectivity index (χ4v) is 1.83. The number of rotatable bonds is 4. The van der Waals surface area contributed by atoms with Crippen LogP contribution in [0.3, 0.4) is 0 Å². The molecule has 0 aromatic carbocycles. The Morgan fingerprint density at radius 3 is 2.85 bits per heavy atom. The van der Waals surface area contributed by atoms with Crippen molar-refractivity contribution in [3.8, 4) is 0 Å². The van der Waals surface area contributed by atoms with Crippen molar-refractivity contribution in [2.75, 3.05) is 13.2 Å². The Hall–Kier alpha value is -0.410. The average molecular weight is 186 g/mol. The van der Waals surface area contributed by atoms with Gasteiger partial charge in [-0.1, -0.05) is 6.92 Å². The number of aliphatic hydroxyl groups excluding tert-OH is 1. The number of aliphatic hydroxyl groups is 1. The Morgan fingerprint density at radius 1 is 1.62 bits per heavy atom. The van der Waals surface area contributed by atoms with Gasteiger partial charge in [0.25, 0.3) is 0 Å². The zero-order valence-electron chi connectivity index (χ0n) is 8.16. The minimum Gasteiger partial charge on any atom is -0.396 e. The highest BCUT2D eigenvalue weighted by atomic mass is 16.5. The standard InChI is InChI=1S/C10H18O3/c1-9(7-11)6-10(8-12)4-2-3-5-13-10/h8-9,11H,2-7H2,1H3. The van der Waals surface area contributed by atoms with Crippen LogP contribution in [0.25, 0.3) is 0 Å². The fraction of sp³-hybridized carbons (Fsp3) is 0.900. The number of hydrogen-bond acceptors (Lipinski definition) is 3. The van der Waals surface area contributed by atoms with E-state index < -0.39 is 5.60 Å². The predicted octanol–water partition coefficient (Wildman–Crippen LogP) is 1.14. The van der Waals surface area contributed by atoms with Crippen LogP contribution in [0.15, 0.2) is 0 Å². The van der Waals surface area contributed by atoms with Crippen molar-refractivity contribution < 1.29 is 14.6 Å². The van der Waals surface area contributed by atoms with Crippen LogP contribution < -0.4 is 0 Å². The average Bonchev–Trinajstić information content (AvgIpc) is 2.19. The first kappa shape index (κ1) is 10.7. The molecule has 0 bridgehead atoms. The van der Waals surface area contributed by atoms with E-state index in [2.05, 4.69) is 0 Å². The van der Waals surface area contributed by atoms with Crippen LogP contribution in [0.1, 0.15) is 32.6 Å². The van der Waals surface area contributed by atoms with E-state index in [0.717, 1.165) is 25.5 Å². The number of aldehydes is 1. The third-order valence-electron chi connectivity index (χ3n) is 2.60. The second-order valence-corrected chi connectivity index (χ2v) is 3.98. The molecule has 0 radical (unpaired) electrons. The van der Waals surface area contributed by atoms with Crippen LogP contribution >= 0.6 is 0 Å². The SMILES string of the molecule is CC(CO)CC1(C=O)CCCCO1. The quantitative estimate of drug-likeness (QED) is 0.670. The van der Waals surface area contributed by atoms with E-state index in [1.54, 1.807) is 0 Å². The maximum Gasteiger partial charge on any atom is 0.151 e. The summed E-state index contributed by atoms with van der Waals surface area (Å²) in [5.41, 5.74) is -0.597. The van der Waals surface area contributed by atoms with Gasteiger partial charge in [-0.15, -0.1) is 0 Å². The third-order valence-corrected chi connectivity index (χ3v) is 2.60. The van der Waals surface area contributed by atoms with Crippen molar-refractivity contribution in [2.24, 2.45) is 5.92 Å². The van der Waals surface area contributed by atoms with Crippen molar-refractivity contribution in [1.82, 2.24) is 0 Å². The fourth-order valence-electron chi connectivity index (χ4n) is 1.83. The van der Waals surface area contributed by atoms with Crippen molar-refractivity contribution in [3.63, 3.8) is 0 Å². The monoisotopic (exact) mass is 186 g/mol. The molecule has 1 saturated heterocycles. The summed E-state index contributed by atoms with van der Waals surface area (Å²) in [6.07, 6.45) is 4.46. The first-order chi connectivity index (χ1) is 6.22. The lowest BCUT2D eigenvalue weighted by molar-refractivity contribution is -0.141. The lowest BCUT2D eigenvalue weighted by Crippen LogP contribution is -2.40. The molecular weight excluding hydrogens is 168 g/mol. The molecule has 1 aliphatic rings. The topological polar surface area (TPSA) is 46.5 Å². The molecule has 2 atom stereocenters. The Bertz CT molecular complexity index is 162. The summed E-state index contributed by atoms with van der Waals surface area (Å²) in [6.45, 7) is 2.74. The van der Waals surface area contributed by atoms with Gasteiger partial charge in [-0.25, -0.2) is 0 Å². The number of carbonyl (C=O) groups is 1. The second kappa shape index (κ2) is 4.72. The molecule has 1 rings (SSSR count). The highest BCUT2D eigenvalue weighted by molar-refractivity contribution is 5.62. The lowest BCUT2D eigenvalue weighted by Gasteiger charge is -2.34. The van der Waals surface area contributed by atoms with Gasteiger partial charge in [-0.2, -0.15) is 0 Å². The molecule has 0 amide bonds. The molecule has 1 heterocycles. The highest BCUT2D eigenvalue weighted by Crippen LogP contribution is 2.29. The predicted molar refractivity (Wildman–Crippen MR) is 49.5 cm³/mol. The minimum absolute atomic E-state index is 0.124. The van der Waals surface area contributed by atoms with E-state index in [1.807, 2.05) is 6.92 Å². The zero-order valence-corrected chi connectivity index (χ0v) is 8.16. The van der Waals surface area contributed by atoms with Crippen LogP contribution in [-0.2, 0) is 9.53 Å². The maximum absolute atomic E-state index is 10.9. The summed E-state index contributed by atoms with van der Waals surface area (Å²) in [5.74, 6) is 0.142. The summed E-state index contributed by atoms with van der Waals surface area (Å²) < 4.78 is 5.51. The minimum atomic E-state index is -0.597. The Kier molecular flexibility index (Phi) is 3.88. The molecular formula is C10H18O3. The van der Waals surface area contributed by atoms with Gasteiger partial charge in [0.1, 0.15) is 5.60 Å². The third kappa shape index (κ3) is 2.78. The Balaban J connectivity index is 2.52. The van der Waals surface area contributed by atoms with Gasteiger partial charge in [-0.3, -0.25) is 0 Å². The molecule has 1 N–H and O–H groups in total. The second-order valence-electron chi connectivity index (χ2n) is 3.98. The van der Waals surface area contributed by atoms with Gasteiger partial charge < -0.3 is 14.6 Å². The van der Waals surface area contributed by atoms with Gasteiger partial charge in [0.15, 0.2) is 6.29 Å². The van der Waals surface area contributed by atoms with Crippen LogP contribution in [0, 0.1) is 5.92 Å². The Labute approximate surface area is 79.1 Å². The molecule has 2 unspecified atom stereocenters. The first-order valence-corrected chi connectivity index (χ1v) is 4.93. The molecule has 1 fully saturated rings. The van der Waals surface area contributed by atoms with E-state index in [0.29, 0.717) is 13.0 Å². The maximum atomic E-state index is 10.9. The van der Waals surface area contributed by atoms with E-state index in [1.165, 1.54) is 0 Å². The lowest BCUT2D eigenvalue weighted by atomic mass is 9.86. The van der Waals surface area contributed by atoms with Crippen LogP contribution in [-0.4, -0.2) is 30.2 Å². The first-order valence-electron chi connectivity index (χ1n) is 4.93. The molecule has 3 nitrogen and oxygen atoms in total. The summed E-state index contributed by atoms with van der Waals surface area (Å²) in [6, 6.07) is 0. The van der Waals surface area contributed by atoms with Gasteiger partial charge in [0.2, 0.25) is 0 Å². The largest absolute Gasteiger partial charge is 0.396 e. The summed E-state index contributed by atoms with van der Waals surface area (Å²) in [4.78, 5) is 10.9. The van der Waals surface area contributed by atoms with Gasteiger partial charge >= 0.3 is 0 Å². The number of hydrogen-bond donors (Lipinski definition) is 1. The molecule has 3 heteroatoms. The Morgan fingerprint density at radius 2 is 2.38 bits per heavy atom. The zero-order chi connectivity index (χ0) is 9.73. The molecule has 0 aromatic heterocycles. The van der Waals surface area contributed by atoms with Crippen LogP contribution in [0.2, 0.25) is 0 Å². The summed E-state index contributed by atoms with van der Waals surface area (Å²) in [5, 5.41) is 8.90. The van der Waals surface area contributed by atoms with Crippen molar-refractivity contribution >= 4 is 6.29 Å². The molecule has 0 aliphatic carbocycles. The van der Waals surface area contributed by atoms with E-state index >= 15 is 0 Å². The van der Waals surface area contributed by atoms with E-state index in [-0.39, 0.29) is 12.5 Å². The van der Waals surface area contributed by atoms with Crippen molar-refractivity contribution in [1.29, 1.82) is 0 Å². The molecule has 0 saturated carbocycles. The summed E-state index contributed by atoms with van der Waals surface area (Å²) >= 11 is 0.